The van der Waals surface area contributed by atoms with Crippen LogP contribution in [0.15, 0.2) is 48.8 Å². The van der Waals surface area contributed by atoms with E-state index in [0.717, 1.165) is 36.9 Å². The highest BCUT2D eigenvalue weighted by atomic mass is 19.1. The van der Waals surface area contributed by atoms with Gasteiger partial charge in [-0.15, -0.1) is 0 Å². The molecule has 0 spiro atoms. The van der Waals surface area contributed by atoms with Gasteiger partial charge in [-0.3, -0.25) is 9.78 Å². The first-order valence-corrected chi connectivity index (χ1v) is 7.70. The van der Waals surface area contributed by atoms with Crippen molar-refractivity contribution in [1.29, 1.82) is 0 Å². The van der Waals surface area contributed by atoms with Crippen molar-refractivity contribution in [1.82, 2.24) is 4.98 Å². The van der Waals surface area contributed by atoms with Crippen LogP contribution in [0.5, 0.6) is 0 Å². The van der Waals surface area contributed by atoms with Gasteiger partial charge in [0.25, 0.3) is 0 Å². The summed E-state index contributed by atoms with van der Waals surface area (Å²) in [6.45, 7) is 0.467. The van der Waals surface area contributed by atoms with Crippen molar-refractivity contribution in [3.63, 3.8) is 0 Å². The molecule has 3 rings (SSSR count). The van der Waals surface area contributed by atoms with Gasteiger partial charge in [0, 0.05) is 24.0 Å². The lowest BCUT2D eigenvalue weighted by Gasteiger charge is -2.26. The summed E-state index contributed by atoms with van der Waals surface area (Å²) in [5.41, 5.74) is 1.71. The van der Waals surface area contributed by atoms with Gasteiger partial charge >= 0.3 is 0 Å². The Balaban J connectivity index is 1.87. The molecule has 0 bridgehead atoms. The zero-order valence-electron chi connectivity index (χ0n) is 12.4. The standard InChI is InChI=1S/C18H19FN2O/c19-16-7-9-17(10-8-16)21(13-14-4-3-11-20-12-14)18(22)15-5-1-2-6-15/h3-4,7-12,15H,1-2,5-6,13H2. The van der Waals surface area contributed by atoms with Gasteiger partial charge in [-0.25, -0.2) is 4.39 Å². The number of anilines is 1. The normalized spacial score (nSPS) is 15.0. The van der Waals surface area contributed by atoms with Crippen molar-refractivity contribution in [2.24, 2.45) is 5.92 Å². The average molecular weight is 298 g/mol. The number of aromatic nitrogens is 1. The summed E-state index contributed by atoms with van der Waals surface area (Å²) < 4.78 is 13.2. The number of carbonyl (C=O) groups is 1. The largest absolute Gasteiger partial charge is 0.308 e. The number of halogens is 1. The number of amides is 1. The molecule has 0 aliphatic heterocycles. The van der Waals surface area contributed by atoms with Crippen molar-refractivity contribution in [2.75, 3.05) is 4.90 Å². The maximum absolute atomic E-state index is 13.2. The van der Waals surface area contributed by atoms with Crippen LogP contribution in [-0.4, -0.2) is 10.9 Å². The number of benzene rings is 1. The van der Waals surface area contributed by atoms with Crippen LogP contribution in [0.1, 0.15) is 31.2 Å². The maximum Gasteiger partial charge on any atom is 0.230 e. The summed E-state index contributed by atoms with van der Waals surface area (Å²) >= 11 is 0. The van der Waals surface area contributed by atoms with Crippen LogP contribution in [0.25, 0.3) is 0 Å². The quantitative estimate of drug-likeness (QED) is 0.856. The molecule has 3 nitrogen and oxygen atoms in total. The van der Waals surface area contributed by atoms with E-state index in [1.54, 1.807) is 29.4 Å². The van der Waals surface area contributed by atoms with E-state index in [1.807, 2.05) is 12.1 Å². The number of nitrogens with zero attached hydrogens (tertiary/aromatic N) is 2. The molecule has 4 heteroatoms. The number of rotatable bonds is 4. The molecule has 0 atom stereocenters. The fourth-order valence-corrected chi connectivity index (χ4v) is 2.98. The third-order valence-electron chi connectivity index (χ3n) is 4.17. The minimum Gasteiger partial charge on any atom is -0.308 e. The lowest BCUT2D eigenvalue weighted by molar-refractivity contribution is -0.122. The summed E-state index contributed by atoms with van der Waals surface area (Å²) in [7, 11) is 0. The van der Waals surface area contributed by atoms with E-state index in [2.05, 4.69) is 4.98 Å². The zero-order valence-corrected chi connectivity index (χ0v) is 12.4. The fraction of sp³-hybridized carbons (Fsp3) is 0.333. The molecule has 1 amide bonds. The lowest BCUT2D eigenvalue weighted by Crippen LogP contribution is -2.35. The Labute approximate surface area is 129 Å². The van der Waals surface area contributed by atoms with Gasteiger partial charge in [-0.05, 0) is 48.7 Å². The molecule has 1 aliphatic rings. The highest BCUT2D eigenvalue weighted by molar-refractivity contribution is 5.95. The van der Waals surface area contributed by atoms with Gasteiger partial charge in [-0.2, -0.15) is 0 Å². The van der Waals surface area contributed by atoms with Gasteiger partial charge < -0.3 is 4.90 Å². The Morgan fingerprint density at radius 2 is 1.91 bits per heavy atom. The molecule has 114 valence electrons. The monoisotopic (exact) mass is 298 g/mol. The Kier molecular flexibility index (Phi) is 4.47. The van der Waals surface area contributed by atoms with E-state index >= 15 is 0 Å². The molecule has 0 unspecified atom stereocenters. The van der Waals surface area contributed by atoms with E-state index < -0.39 is 0 Å². The van der Waals surface area contributed by atoms with Gasteiger partial charge in [0.1, 0.15) is 5.82 Å². The van der Waals surface area contributed by atoms with E-state index in [-0.39, 0.29) is 17.6 Å². The van der Waals surface area contributed by atoms with Crippen molar-refractivity contribution < 1.29 is 9.18 Å². The van der Waals surface area contributed by atoms with Gasteiger partial charge in [0.2, 0.25) is 5.91 Å². The minimum absolute atomic E-state index is 0.0849. The number of hydrogen-bond donors (Lipinski definition) is 0. The fourth-order valence-electron chi connectivity index (χ4n) is 2.98. The molecule has 1 saturated carbocycles. The first kappa shape index (κ1) is 14.7. The highest BCUT2D eigenvalue weighted by Crippen LogP contribution is 2.29. The Morgan fingerprint density at radius 3 is 2.55 bits per heavy atom. The van der Waals surface area contributed by atoms with Gasteiger partial charge in [-0.1, -0.05) is 18.9 Å². The third kappa shape index (κ3) is 3.32. The van der Waals surface area contributed by atoms with Crippen LogP contribution >= 0.6 is 0 Å². The van der Waals surface area contributed by atoms with E-state index in [0.29, 0.717) is 6.54 Å². The molecule has 2 aromatic rings. The molecule has 1 aliphatic carbocycles. The predicted octanol–water partition coefficient (Wildman–Crippen LogP) is 3.94. The first-order chi connectivity index (χ1) is 10.7. The molecular formula is C18H19FN2O. The summed E-state index contributed by atoms with van der Waals surface area (Å²) in [5, 5.41) is 0. The van der Waals surface area contributed by atoms with Crippen molar-refractivity contribution >= 4 is 11.6 Å². The Morgan fingerprint density at radius 1 is 1.18 bits per heavy atom. The Hall–Kier alpha value is -2.23. The number of hydrogen-bond acceptors (Lipinski definition) is 2. The summed E-state index contributed by atoms with van der Waals surface area (Å²) in [5.74, 6) is -0.0759. The van der Waals surface area contributed by atoms with Crippen LogP contribution in [0, 0.1) is 11.7 Å². The first-order valence-electron chi connectivity index (χ1n) is 7.70. The van der Waals surface area contributed by atoms with Crippen LogP contribution < -0.4 is 4.90 Å². The molecule has 1 aromatic carbocycles. The number of carbonyl (C=O) groups excluding carboxylic acids is 1. The molecular weight excluding hydrogens is 279 g/mol. The molecule has 0 radical (unpaired) electrons. The zero-order chi connectivity index (χ0) is 15.4. The highest BCUT2D eigenvalue weighted by Gasteiger charge is 2.28. The summed E-state index contributed by atoms with van der Waals surface area (Å²) in [4.78, 5) is 18.7. The lowest BCUT2D eigenvalue weighted by atomic mass is 10.1. The molecule has 0 N–H and O–H groups in total. The summed E-state index contributed by atoms with van der Waals surface area (Å²) in [6.07, 6.45) is 7.59. The van der Waals surface area contributed by atoms with Crippen LogP contribution in [0.4, 0.5) is 10.1 Å². The number of pyridine rings is 1. The van der Waals surface area contributed by atoms with Crippen LogP contribution in [0.3, 0.4) is 0 Å². The van der Waals surface area contributed by atoms with Crippen molar-refractivity contribution in [3.05, 3.63) is 60.2 Å². The minimum atomic E-state index is -0.293. The molecule has 0 saturated heterocycles. The van der Waals surface area contributed by atoms with Crippen LogP contribution in [0.2, 0.25) is 0 Å². The molecule has 1 heterocycles. The second-order valence-electron chi connectivity index (χ2n) is 5.74. The SMILES string of the molecule is O=C(C1CCCC1)N(Cc1cccnc1)c1ccc(F)cc1. The molecule has 1 fully saturated rings. The van der Waals surface area contributed by atoms with Gasteiger partial charge in [0.05, 0.1) is 6.54 Å². The second kappa shape index (κ2) is 6.69. The van der Waals surface area contributed by atoms with Crippen molar-refractivity contribution in [2.45, 2.75) is 32.2 Å². The van der Waals surface area contributed by atoms with E-state index in [1.165, 1.54) is 12.1 Å². The Bertz CT molecular complexity index is 621. The van der Waals surface area contributed by atoms with E-state index in [9.17, 15) is 9.18 Å². The van der Waals surface area contributed by atoms with Gasteiger partial charge in [0.15, 0.2) is 0 Å². The third-order valence-corrected chi connectivity index (χ3v) is 4.17. The van der Waals surface area contributed by atoms with Crippen LogP contribution in [-0.2, 0) is 11.3 Å². The predicted molar refractivity (Wildman–Crippen MR) is 83.8 cm³/mol. The van der Waals surface area contributed by atoms with Crippen molar-refractivity contribution in [3.8, 4) is 0 Å². The average Bonchev–Trinajstić information content (AvgIpc) is 3.08. The molecule has 22 heavy (non-hydrogen) atoms. The topological polar surface area (TPSA) is 33.2 Å². The molecule has 1 aromatic heterocycles. The smallest absolute Gasteiger partial charge is 0.230 e. The summed E-state index contributed by atoms with van der Waals surface area (Å²) in [6, 6.07) is 9.93. The second-order valence-corrected chi connectivity index (χ2v) is 5.74. The maximum atomic E-state index is 13.2. The van der Waals surface area contributed by atoms with E-state index in [4.69, 9.17) is 0 Å².